The van der Waals surface area contributed by atoms with E-state index in [0.29, 0.717) is 12.0 Å². The molecular formula is C14H23N. The van der Waals surface area contributed by atoms with Gasteiger partial charge in [0, 0.05) is 6.04 Å². The highest BCUT2D eigenvalue weighted by atomic mass is 14.6. The van der Waals surface area contributed by atoms with Gasteiger partial charge in [0.1, 0.15) is 0 Å². The Morgan fingerprint density at radius 3 is 2.20 bits per heavy atom. The Bertz CT molecular complexity index is 274. The van der Waals surface area contributed by atoms with Gasteiger partial charge in [-0.2, -0.15) is 0 Å². The Kier molecular flexibility index (Phi) is 4.83. The fourth-order valence-corrected chi connectivity index (χ4v) is 1.63. The number of aryl methyl sites for hydroxylation is 1. The van der Waals surface area contributed by atoms with E-state index in [1.54, 1.807) is 0 Å². The van der Waals surface area contributed by atoms with Crippen LogP contribution in [0.4, 0.5) is 0 Å². The summed E-state index contributed by atoms with van der Waals surface area (Å²) >= 11 is 0. The first-order valence-electron chi connectivity index (χ1n) is 5.98. The van der Waals surface area contributed by atoms with Crippen LogP contribution >= 0.6 is 0 Å². The first-order chi connectivity index (χ1) is 7.13. The fourth-order valence-electron chi connectivity index (χ4n) is 1.63. The van der Waals surface area contributed by atoms with Gasteiger partial charge in [0.2, 0.25) is 0 Å². The maximum Gasteiger partial charge on any atom is 0.00393 e. The molecule has 0 aromatic heterocycles. The summed E-state index contributed by atoms with van der Waals surface area (Å²) in [5.74, 6) is 0.622. The highest BCUT2D eigenvalue weighted by Gasteiger charge is 2.01. The van der Waals surface area contributed by atoms with Crippen molar-refractivity contribution in [2.75, 3.05) is 0 Å². The predicted octanol–water partition coefficient (Wildman–Crippen LogP) is 3.48. The Morgan fingerprint density at radius 2 is 1.73 bits per heavy atom. The summed E-state index contributed by atoms with van der Waals surface area (Å²) in [6.07, 6.45) is 3.27. The SMILES string of the molecule is CCC(N)CCc1ccc(C(C)C)cc1. The summed E-state index contributed by atoms with van der Waals surface area (Å²) in [5.41, 5.74) is 8.72. The molecule has 84 valence electrons. The third-order valence-corrected chi connectivity index (χ3v) is 2.97. The maximum atomic E-state index is 5.90. The zero-order valence-corrected chi connectivity index (χ0v) is 10.2. The Labute approximate surface area is 93.7 Å². The lowest BCUT2D eigenvalue weighted by molar-refractivity contribution is 0.596. The molecule has 0 aliphatic carbocycles. The fraction of sp³-hybridized carbons (Fsp3) is 0.571. The Morgan fingerprint density at radius 1 is 1.13 bits per heavy atom. The average Bonchev–Trinajstić information content (AvgIpc) is 2.26. The minimum atomic E-state index is 0.356. The molecule has 0 heterocycles. The average molecular weight is 205 g/mol. The van der Waals surface area contributed by atoms with Gasteiger partial charge >= 0.3 is 0 Å². The van der Waals surface area contributed by atoms with Gasteiger partial charge in [0.05, 0.1) is 0 Å². The van der Waals surface area contributed by atoms with Gasteiger partial charge in [-0.05, 0) is 36.3 Å². The van der Waals surface area contributed by atoms with E-state index in [4.69, 9.17) is 5.73 Å². The van der Waals surface area contributed by atoms with E-state index in [2.05, 4.69) is 45.0 Å². The van der Waals surface area contributed by atoms with E-state index in [1.165, 1.54) is 11.1 Å². The molecule has 0 radical (unpaired) electrons. The molecule has 15 heavy (non-hydrogen) atoms. The molecule has 1 rings (SSSR count). The lowest BCUT2D eigenvalue weighted by Gasteiger charge is -2.09. The van der Waals surface area contributed by atoms with Crippen LogP contribution in [0.1, 0.15) is 50.7 Å². The van der Waals surface area contributed by atoms with Crippen molar-refractivity contribution in [3.63, 3.8) is 0 Å². The number of nitrogens with two attached hydrogens (primary N) is 1. The van der Waals surface area contributed by atoms with E-state index in [-0.39, 0.29) is 0 Å². The molecule has 1 unspecified atom stereocenters. The molecule has 1 aromatic rings. The molecule has 1 heteroatoms. The van der Waals surface area contributed by atoms with E-state index in [9.17, 15) is 0 Å². The molecule has 0 spiro atoms. The molecule has 0 amide bonds. The van der Waals surface area contributed by atoms with Crippen molar-refractivity contribution in [1.29, 1.82) is 0 Å². The molecule has 0 fully saturated rings. The second kappa shape index (κ2) is 5.92. The number of rotatable bonds is 5. The smallest absolute Gasteiger partial charge is 0.00393 e. The second-order valence-corrected chi connectivity index (χ2v) is 4.60. The van der Waals surface area contributed by atoms with Crippen molar-refractivity contribution >= 4 is 0 Å². The molecule has 0 aliphatic heterocycles. The largest absolute Gasteiger partial charge is 0.328 e. The summed E-state index contributed by atoms with van der Waals surface area (Å²) < 4.78 is 0. The van der Waals surface area contributed by atoms with Crippen LogP contribution in [0, 0.1) is 0 Å². The lowest BCUT2D eigenvalue weighted by atomic mass is 9.99. The third-order valence-electron chi connectivity index (χ3n) is 2.97. The van der Waals surface area contributed by atoms with Crippen LogP contribution < -0.4 is 5.73 Å². The number of benzene rings is 1. The van der Waals surface area contributed by atoms with E-state index >= 15 is 0 Å². The van der Waals surface area contributed by atoms with Crippen molar-refractivity contribution < 1.29 is 0 Å². The minimum absolute atomic E-state index is 0.356. The van der Waals surface area contributed by atoms with Crippen LogP contribution in [-0.2, 0) is 6.42 Å². The predicted molar refractivity (Wildman–Crippen MR) is 67.1 cm³/mol. The van der Waals surface area contributed by atoms with Crippen LogP contribution in [-0.4, -0.2) is 6.04 Å². The minimum Gasteiger partial charge on any atom is -0.328 e. The first kappa shape index (κ1) is 12.3. The molecule has 0 bridgehead atoms. The zero-order valence-electron chi connectivity index (χ0n) is 10.2. The molecule has 0 saturated carbocycles. The molecule has 1 aromatic carbocycles. The van der Waals surface area contributed by atoms with Crippen molar-refractivity contribution in [2.24, 2.45) is 5.73 Å². The van der Waals surface area contributed by atoms with Crippen molar-refractivity contribution in [1.82, 2.24) is 0 Å². The molecule has 1 atom stereocenters. The van der Waals surface area contributed by atoms with Crippen molar-refractivity contribution in [3.05, 3.63) is 35.4 Å². The van der Waals surface area contributed by atoms with Gasteiger partial charge in [-0.25, -0.2) is 0 Å². The topological polar surface area (TPSA) is 26.0 Å². The summed E-state index contributed by atoms with van der Waals surface area (Å²) in [4.78, 5) is 0. The Balaban J connectivity index is 2.50. The number of hydrogen-bond donors (Lipinski definition) is 1. The first-order valence-corrected chi connectivity index (χ1v) is 5.98. The van der Waals surface area contributed by atoms with Gasteiger partial charge in [0.25, 0.3) is 0 Å². The molecule has 0 aliphatic rings. The van der Waals surface area contributed by atoms with Crippen LogP contribution in [0.25, 0.3) is 0 Å². The highest BCUT2D eigenvalue weighted by Crippen LogP contribution is 2.15. The van der Waals surface area contributed by atoms with Crippen LogP contribution in [0.15, 0.2) is 24.3 Å². The maximum absolute atomic E-state index is 5.90. The highest BCUT2D eigenvalue weighted by molar-refractivity contribution is 5.24. The zero-order chi connectivity index (χ0) is 11.3. The summed E-state index contributed by atoms with van der Waals surface area (Å²) in [7, 11) is 0. The van der Waals surface area contributed by atoms with Gasteiger partial charge in [-0.15, -0.1) is 0 Å². The molecule has 2 N–H and O–H groups in total. The molecule has 1 nitrogen and oxygen atoms in total. The van der Waals surface area contributed by atoms with Crippen LogP contribution in [0.2, 0.25) is 0 Å². The quantitative estimate of drug-likeness (QED) is 0.782. The van der Waals surface area contributed by atoms with E-state index in [0.717, 1.165) is 19.3 Å². The summed E-state index contributed by atoms with van der Waals surface area (Å²) in [6.45, 7) is 6.59. The molecule has 0 saturated heterocycles. The molecular weight excluding hydrogens is 182 g/mol. The monoisotopic (exact) mass is 205 g/mol. The van der Waals surface area contributed by atoms with Gasteiger partial charge in [-0.3, -0.25) is 0 Å². The Hall–Kier alpha value is -0.820. The van der Waals surface area contributed by atoms with Crippen LogP contribution in [0.5, 0.6) is 0 Å². The second-order valence-electron chi connectivity index (χ2n) is 4.60. The van der Waals surface area contributed by atoms with Crippen molar-refractivity contribution in [2.45, 2.75) is 52.0 Å². The lowest BCUT2D eigenvalue weighted by Crippen LogP contribution is -2.19. The van der Waals surface area contributed by atoms with Gasteiger partial charge in [0.15, 0.2) is 0 Å². The van der Waals surface area contributed by atoms with Crippen molar-refractivity contribution in [3.8, 4) is 0 Å². The van der Waals surface area contributed by atoms with Gasteiger partial charge < -0.3 is 5.73 Å². The summed E-state index contributed by atoms with van der Waals surface area (Å²) in [6, 6.07) is 9.29. The van der Waals surface area contributed by atoms with Gasteiger partial charge in [-0.1, -0.05) is 45.0 Å². The van der Waals surface area contributed by atoms with E-state index < -0.39 is 0 Å². The summed E-state index contributed by atoms with van der Waals surface area (Å²) in [5, 5.41) is 0. The standard InChI is InChI=1S/C14H23N/c1-4-14(15)10-7-12-5-8-13(9-6-12)11(2)3/h5-6,8-9,11,14H,4,7,10,15H2,1-3H3. The number of hydrogen-bond acceptors (Lipinski definition) is 1. The van der Waals surface area contributed by atoms with Crippen LogP contribution in [0.3, 0.4) is 0 Å². The third kappa shape index (κ3) is 4.05. The normalized spacial score (nSPS) is 13.1. The van der Waals surface area contributed by atoms with E-state index in [1.807, 2.05) is 0 Å².